The fourth-order valence-corrected chi connectivity index (χ4v) is 1.90. The number of aromatic carboxylic acids is 1. The minimum absolute atomic E-state index is 0.0838. The number of benzene rings is 1. The molecule has 0 bridgehead atoms. The van der Waals surface area contributed by atoms with Gasteiger partial charge in [-0.15, -0.1) is 0 Å². The lowest BCUT2D eigenvalue weighted by molar-refractivity contribution is 0.0697. The molecule has 1 rings (SSSR count). The quantitative estimate of drug-likeness (QED) is 0.671. The Morgan fingerprint density at radius 2 is 2.00 bits per heavy atom. The number of hydrogen-bond donors (Lipinski definition) is 3. The second-order valence-electron chi connectivity index (χ2n) is 4.44. The molecular weight excluding hydrogens is 280 g/mol. The monoisotopic (exact) mass is 298 g/mol. The highest BCUT2D eigenvalue weighted by Crippen LogP contribution is 2.22. The van der Waals surface area contributed by atoms with Crippen LogP contribution >= 0.6 is 11.6 Å². The molecule has 0 aliphatic carbocycles. The second kappa shape index (κ2) is 8.43. The molecule has 110 valence electrons. The van der Waals surface area contributed by atoms with Crippen molar-refractivity contribution in [1.29, 1.82) is 0 Å². The SMILES string of the molecule is CCCCCCNC(=O)Nc1ccc(C(=O)O)cc1Cl. The van der Waals surface area contributed by atoms with Gasteiger partial charge in [-0.3, -0.25) is 0 Å². The van der Waals surface area contributed by atoms with Crippen molar-refractivity contribution in [2.24, 2.45) is 0 Å². The first-order chi connectivity index (χ1) is 9.54. The van der Waals surface area contributed by atoms with Crippen molar-refractivity contribution in [1.82, 2.24) is 5.32 Å². The van der Waals surface area contributed by atoms with Crippen LogP contribution in [0, 0.1) is 0 Å². The van der Waals surface area contributed by atoms with Gasteiger partial charge in [0.2, 0.25) is 0 Å². The predicted octanol–water partition coefficient (Wildman–Crippen LogP) is 3.74. The number of carboxylic acids is 1. The highest BCUT2D eigenvalue weighted by molar-refractivity contribution is 6.34. The predicted molar refractivity (Wildman–Crippen MR) is 79.6 cm³/mol. The van der Waals surface area contributed by atoms with Gasteiger partial charge in [0, 0.05) is 6.54 Å². The number of halogens is 1. The Morgan fingerprint density at radius 1 is 1.25 bits per heavy atom. The maximum atomic E-state index is 11.6. The highest BCUT2D eigenvalue weighted by Gasteiger charge is 2.09. The van der Waals surface area contributed by atoms with Gasteiger partial charge in [-0.25, -0.2) is 9.59 Å². The van der Waals surface area contributed by atoms with Gasteiger partial charge in [0.1, 0.15) is 0 Å². The van der Waals surface area contributed by atoms with Crippen LogP contribution in [0.25, 0.3) is 0 Å². The summed E-state index contributed by atoms with van der Waals surface area (Å²) in [7, 11) is 0. The molecule has 0 atom stereocenters. The lowest BCUT2D eigenvalue weighted by atomic mass is 10.2. The number of rotatable bonds is 7. The molecule has 1 aromatic rings. The van der Waals surface area contributed by atoms with E-state index in [9.17, 15) is 9.59 Å². The average molecular weight is 299 g/mol. The molecule has 0 heterocycles. The number of nitrogens with one attached hydrogen (secondary N) is 2. The molecule has 20 heavy (non-hydrogen) atoms. The number of anilines is 1. The molecular formula is C14H19ClN2O3. The van der Waals surface area contributed by atoms with Crippen LogP contribution in [0.3, 0.4) is 0 Å². The van der Waals surface area contributed by atoms with E-state index in [1.54, 1.807) is 0 Å². The standard InChI is InChI=1S/C14H19ClN2O3/c1-2-3-4-5-8-16-14(20)17-12-7-6-10(13(18)19)9-11(12)15/h6-7,9H,2-5,8H2,1H3,(H,18,19)(H2,16,17,20). The lowest BCUT2D eigenvalue weighted by Gasteiger charge is -2.09. The molecule has 0 spiro atoms. The van der Waals surface area contributed by atoms with Crippen molar-refractivity contribution in [2.75, 3.05) is 11.9 Å². The molecule has 0 fully saturated rings. The molecule has 1 aromatic carbocycles. The van der Waals surface area contributed by atoms with E-state index < -0.39 is 5.97 Å². The zero-order valence-corrected chi connectivity index (χ0v) is 12.2. The third kappa shape index (κ3) is 5.48. The molecule has 6 heteroatoms. The molecule has 0 aliphatic heterocycles. The van der Waals surface area contributed by atoms with Crippen molar-refractivity contribution in [3.05, 3.63) is 28.8 Å². The Balaban J connectivity index is 2.44. The fourth-order valence-electron chi connectivity index (χ4n) is 1.67. The topological polar surface area (TPSA) is 78.4 Å². The van der Waals surface area contributed by atoms with E-state index in [4.69, 9.17) is 16.7 Å². The Morgan fingerprint density at radius 3 is 2.60 bits per heavy atom. The van der Waals surface area contributed by atoms with Gasteiger partial charge in [0.05, 0.1) is 16.3 Å². The van der Waals surface area contributed by atoms with Crippen LogP contribution < -0.4 is 10.6 Å². The Hall–Kier alpha value is -1.75. The van der Waals surface area contributed by atoms with Gasteiger partial charge >= 0.3 is 12.0 Å². The van der Waals surface area contributed by atoms with Crippen LogP contribution in [0.5, 0.6) is 0 Å². The van der Waals surface area contributed by atoms with Gasteiger partial charge in [-0.05, 0) is 24.6 Å². The maximum absolute atomic E-state index is 11.6. The van der Waals surface area contributed by atoms with Crippen molar-refractivity contribution in [3.8, 4) is 0 Å². The molecule has 0 radical (unpaired) electrons. The Bertz CT molecular complexity index is 477. The van der Waals surface area contributed by atoms with E-state index in [0.29, 0.717) is 12.2 Å². The van der Waals surface area contributed by atoms with Crippen LogP contribution in [-0.4, -0.2) is 23.7 Å². The van der Waals surface area contributed by atoms with E-state index in [0.717, 1.165) is 25.7 Å². The molecule has 2 amide bonds. The summed E-state index contributed by atoms with van der Waals surface area (Å²) in [5.41, 5.74) is 0.475. The number of urea groups is 1. The molecule has 0 unspecified atom stereocenters. The summed E-state index contributed by atoms with van der Waals surface area (Å²) < 4.78 is 0. The number of carboxylic acid groups (broad SMARTS) is 1. The van der Waals surface area contributed by atoms with E-state index in [-0.39, 0.29) is 16.6 Å². The second-order valence-corrected chi connectivity index (χ2v) is 4.85. The Kier molecular flexibility index (Phi) is 6.87. The van der Waals surface area contributed by atoms with Crippen LogP contribution in [0.15, 0.2) is 18.2 Å². The van der Waals surface area contributed by atoms with Crippen molar-refractivity contribution in [2.45, 2.75) is 32.6 Å². The highest BCUT2D eigenvalue weighted by atomic mass is 35.5. The fraction of sp³-hybridized carbons (Fsp3) is 0.429. The van der Waals surface area contributed by atoms with E-state index in [2.05, 4.69) is 17.6 Å². The van der Waals surface area contributed by atoms with E-state index in [1.807, 2.05) is 0 Å². The molecule has 0 saturated carbocycles. The average Bonchev–Trinajstić information content (AvgIpc) is 2.40. The maximum Gasteiger partial charge on any atom is 0.335 e. The van der Waals surface area contributed by atoms with Crippen LogP contribution in [-0.2, 0) is 0 Å². The molecule has 3 N–H and O–H groups in total. The largest absolute Gasteiger partial charge is 0.478 e. The number of hydrogen-bond acceptors (Lipinski definition) is 2. The van der Waals surface area contributed by atoms with Crippen LogP contribution in [0.1, 0.15) is 43.0 Å². The summed E-state index contributed by atoms with van der Waals surface area (Å²) in [6.07, 6.45) is 4.33. The first-order valence-electron chi connectivity index (χ1n) is 6.62. The number of unbranched alkanes of at least 4 members (excludes halogenated alkanes) is 3. The minimum atomic E-state index is -1.06. The van der Waals surface area contributed by atoms with Gasteiger partial charge < -0.3 is 15.7 Å². The molecule has 0 saturated heterocycles. The first kappa shape index (κ1) is 16.3. The Labute approximate surface area is 123 Å². The lowest BCUT2D eigenvalue weighted by Crippen LogP contribution is -2.29. The van der Waals surface area contributed by atoms with Gasteiger partial charge in [-0.2, -0.15) is 0 Å². The minimum Gasteiger partial charge on any atom is -0.478 e. The smallest absolute Gasteiger partial charge is 0.335 e. The summed E-state index contributed by atoms with van der Waals surface area (Å²) in [4.78, 5) is 22.4. The normalized spacial score (nSPS) is 10.1. The van der Waals surface area contributed by atoms with Crippen molar-refractivity contribution < 1.29 is 14.7 Å². The van der Waals surface area contributed by atoms with E-state index in [1.165, 1.54) is 18.2 Å². The van der Waals surface area contributed by atoms with E-state index >= 15 is 0 Å². The summed E-state index contributed by atoms with van der Waals surface area (Å²) in [5, 5.41) is 14.3. The van der Waals surface area contributed by atoms with Gasteiger partial charge in [0.15, 0.2) is 0 Å². The molecule has 0 aliphatic rings. The van der Waals surface area contributed by atoms with Gasteiger partial charge in [-0.1, -0.05) is 37.8 Å². The summed E-state index contributed by atoms with van der Waals surface area (Å²) in [5.74, 6) is -1.06. The summed E-state index contributed by atoms with van der Waals surface area (Å²) in [6.45, 7) is 2.74. The van der Waals surface area contributed by atoms with Crippen molar-refractivity contribution in [3.63, 3.8) is 0 Å². The third-order valence-corrected chi connectivity index (χ3v) is 3.09. The molecule has 0 aromatic heterocycles. The zero-order valence-electron chi connectivity index (χ0n) is 11.4. The number of carbonyl (C=O) groups is 2. The van der Waals surface area contributed by atoms with Gasteiger partial charge in [0.25, 0.3) is 0 Å². The first-order valence-corrected chi connectivity index (χ1v) is 7.00. The summed E-state index contributed by atoms with van der Waals surface area (Å²) >= 11 is 5.91. The third-order valence-electron chi connectivity index (χ3n) is 2.78. The summed E-state index contributed by atoms with van der Waals surface area (Å²) in [6, 6.07) is 3.83. The van der Waals surface area contributed by atoms with Crippen molar-refractivity contribution >= 4 is 29.3 Å². The number of amides is 2. The zero-order chi connectivity index (χ0) is 15.0. The number of carbonyl (C=O) groups excluding carboxylic acids is 1. The van der Waals surface area contributed by atoms with Crippen LogP contribution in [0.2, 0.25) is 5.02 Å². The van der Waals surface area contributed by atoms with Crippen LogP contribution in [0.4, 0.5) is 10.5 Å². The molecule has 5 nitrogen and oxygen atoms in total.